The molecule has 2 rings (SSSR count). The summed E-state index contributed by atoms with van der Waals surface area (Å²) in [5.41, 5.74) is 2.26. The Labute approximate surface area is 73.4 Å². The second-order valence-electron chi connectivity index (χ2n) is 2.62. The molecule has 0 radical (unpaired) electrons. The molecule has 0 N–H and O–H groups in total. The number of fused-ring (bicyclic) bond motifs is 1. The van der Waals surface area contributed by atoms with Crippen LogP contribution in [0.5, 0.6) is 0 Å². The summed E-state index contributed by atoms with van der Waals surface area (Å²) in [4.78, 5) is 4.48. The lowest BCUT2D eigenvalue weighted by molar-refractivity contribution is 1.19. The topological polar surface area (TPSA) is 17.3 Å². The van der Waals surface area contributed by atoms with Crippen molar-refractivity contribution in [1.82, 2.24) is 9.38 Å². The molecule has 0 bridgehead atoms. The third-order valence-corrected chi connectivity index (χ3v) is 2.68. The third kappa shape index (κ3) is 1.35. The van der Waals surface area contributed by atoms with Gasteiger partial charge in [0.2, 0.25) is 0 Å². The summed E-state index contributed by atoms with van der Waals surface area (Å²) >= 11 is 0. The molecule has 0 amide bonds. The van der Waals surface area contributed by atoms with Crippen LogP contribution in [0.25, 0.3) is 5.65 Å². The Kier molecular flexibility index (Phi) is 2.09. The predicted molar refractivity (Wildman–Crippen MR) is 53.7 cm³/mol. The molecule has 0 aliphatic carbocycles. The van der Waals surface area contributed by atoms with E-state index in [-0.39, 0.29) is 0 Å². The Morgan fingerprint density at radius 1 is 1.50 bits per heavy atom. The monoisotopic (exact) mass is 178 g/mol. The van der Waals surface area contributed by atoms with E-state index in [1.165, 1.54) is 11.6 Å². The average molecular weight is 178 g/mol. The lowest BCUT2D eigenvalue weighted by atomic mass is 10.5. The Balaban J connectivity index is 2.47. The molecule has 2 aromatic rings. The lowest BCUT2D eigenvalue weighted by Crippen LogP contribution is -1.92. The van der Waals surface area contributed by atoms with E-state index in [1.54, 1.807) is 0 Å². The van der Waals surface area contributed by atoms with E-state index in [0.29, 0.717) is 0 Å². The number of rotatable bonds is 2. The lowest BCUT2D eigenvalue weighted by Gasteiger charge is -1.86. The zero-order valence-electron chi connectivity index (χ0n) is 6.99. The highest BCUT2D eigenvalue weighted by atomic mass is 31.1. The number of pyridine rings is 1. The Morgan fingerprint density at radius 2 is 2.42 bits per heavy atom. The van der Waals surface area contributed by atoms with E-state index in [0.717, 1.165) is 14.2 Å². The summed E-state index contributed by atoms with van der Waals surface area (Å²) in [7, 11) is 0.838. The van der Waals surface area contributed by atoms with Crippen molar-refractivity contribution in [3.63, 3.8) is 0 Å². The Hall–Kier alpha value is -0.880. The largest absolute Gasteiger partial charge is 0.306 e. The van der Waals surface area contributed by atoms with Crippen LogP contribution in [0, 0.1) is 0 Å². The van der Waals surface area contributed by atoms with Crippen LogP contribution < -0.4 is 5.44 Å². The van der Waals surface area contributed by atoms with E-state index >= 15 is 0 Å². The summed E-state index contributed by atoms with van der Waals surface area (Å²) in [6.07, 6.45) is 5.33. The first-order chi connectivity index (χ1) is 5.90. The first-order valence-corrected chi connectivity index (χ1v) is 5.28. The molecule has 0 spiro atoms. The van der Waals surface area contributed by atoms with Crippen LogP contribution in [0.4, 0.5) is 0 Å². The fourth-order valence-corrected chi connectivity index (χ4v) is 1.99. The highest BCUT2D eigenvalue weighted by molar-refractivity contribution is 7.46. The van der Waals surface area contributed by atoms with Crippen LogP contribution in [0.2, 0.25) is 0 Å². The molecule has 0 aromatic carbocycles. The summed E-state index contributed by atoms with van der Waals surface area (Å²) in [6, 6.07) is 6.07. The molecule has 2 aromatic heterocycles. The molecular formula is C9H11N2P. The molecule has 0 saturated carbocycles. The number of hydrogen-bond donors (Lipinski definition) is 0. The van der Waals surface area contributed by atoms with Crippen LogP contribution in [-0.2, 0) is 0 Å². The first kappa shape index (κ1) is 7.75. The van der Waals surface area contributed by atoms with Gasteiger partial charge in [-0.05, 0) is 18.3 Å². The fraction of sp³-hybridized carbons (Fsp3) is 0.222. The zero-order valence-corrected chi connectivity index (χ0v) is 7.99. The molecule has 0 fully saturated rings. The predicted octanol–water partition coefficient (Wildman–Crippen LogP) is 1.66. The van der Waals surface area contributed by atoms with Crippen molar-refractivity contribution >= 4 is 19.7 Å². The molecule has 12 heavy (non-hydrogen) atoms. The van der Waals surface area contributed by atoms with Gasteiger partial charge in [0, 0.05) is 12.4 Å². The highest BCUT2D eigenvalue weighted by Gasteiger charge is 1.97. The fourth-order valence-electron chi connectivity index (χ4n) is 1.20. The molecule has 3 heteroatoms. The number of nitrogens with zero attached hydrogens (tertiary/aromatic N) is 2. The van der Waals surface area contributed by atoms with Gasteiger partial charge in [0.05, 0.1) is 5.44 Å². The minimum Gasteiger partial charge on any atom is -0.306 e. The molecule has 1 unspecified atom stereocenters. The van der Waals surface area contributed by atoms with Crippen LogP contribution >= 0.6 is 8.58 Å². The van der Waals surface area contributed by atoms with Gasteiger partial charge in [-0.15, -0.1) is 0 Å². The van der Waals surface area contributed by atoms with Gasteiger partial charge in [-0.2, -0.15) is 0 Å². The van der Waals surface area contributed by atoms with E-state index in [1.807, 2.05) is 24.4 Å². The van der Waals surface area contributed by atoms with Gasteiger partial charge in [0.25, 0.3) is 0 Å². The number of aromatic nitrogens is 2. The van der Waals surface area contributed by atoms with Gasteiger partial charge in [0.15, 0.2) is 0 Å². The molecule has 2 heterocycles. The maximum atomic E-state index is 4.48. The van der Waals surface area contributed by atoms with Crippen molar-refractivity contribution in [3.05, 3.63) is 30.6 Å². The van der Waals surface area contributed by atoms with Crippen LogP contribution in [0.15, 0.2) is 30.6 Å². The smallest absolute Gasteiger partial charge is 0.137 e. The minimum absolute atomic E-state index is 0.838. The molecule has 0 aliphatic heterocycles. The van der Waals surface area contributed by atoms with Crippen molar-refractivity contribution in [1.29, 1.82) is 0 Å². The van der Waals surface area contributed by atoms with Crippen LogP contribution in [0.3, 0.4) is 0 Å². The molecule has 1 atom stereocenters. The first-order valence-electron chi connectivity index (χ1n) is 4.08. The minimum atomic E-state index is 0.838. The second-order valence-corrected chi connectivity index (χ2v) is 4.20. The van der Waals surface area contributed by atoms with Gasteiger partial charge in [0.1, 0.15) is 5.65 Å². The Bertz CT molecular complexity index is 348. The van der Waals surface area contributed by atoms with Crippen molar-refractivity contribution in [2.45, 2.75) is 6.92 Å². The van der Waals surface area contributed by atoms with Gasteiger partial charge in [-0.25, -0.2) is 4.98 Å². The van der Waals surface area contributed by atoms with Crippen LogP contribution in [-0.4, -0.2) is 15.5 Å². The Morgan fingerprint density at radius 3 is 3.17 bits per heavy atom. The maximum absolute atomic E-state index is 4.48. The van der Waals surface area contributed by atoms with Gasteiger partial charge < -0.3 is 4.40 Å². The van der Waals surface area contributed by atoms with Crippen LogP contribution in [0.1, 0.15) is 6.92 Å². The van der Waals surface area contributed by atoms with E-state index in [4.69, 9.17) is 0 Å². The van der Waals surface area contributed by atoms with Gasteiger partial charge in [-0.1, -0.05) is 21.6 Å². The zero-order chi connectivity index (χ0) is 8.39. The van der Waals surface area contributed by atoms with E-state index in [9.17, 15) is 0 Å². The molecule has 0 saturated heterocycles. The summed E-state index contributed by atoms with van der Waals surface area (Å²) in [5, 5.41) is 0. The standard InChI is InChI=1S/C9H11N2P/c1-2-12-9-7-11-6-4-3-5-8(11)10-9/h3-7,12H,2H2,1H3. The van der Waals surface area contributed by atoms with Crippen molar-refractivity contribution in [2.75, 3.05) is 6.16 Å². The van der Waals surface area contributed by atoms with Crippen molar-refractivity contribution < 1.29 is 0 Å². The quantitative estimate of drug-likeness (QED) is 0.639. The van der Waals surface area contributed by atoms with Crippen molar-refractivity contribution in [3.8, 4) is 0 Å². The summed E-state index contributed by atoms with van der Waals surface area (Å²) in [5.74, 6) is 0. The second kappa shape index (κ2) is 3.24. The molecular weight excluding hydrogens is 167 g/mol. The maximum Gasteiger partial charge on any atom is 0.137 e. The van der Waals surface area contributed by atoms with E-state index < -0.39 is 0 Å². The highest BCUT2D eigenvalue weighted by Crippen LogP contribution is 2.08. The third-order valence-electron chi connectivity index (χ3n) is 1.72. The number of hydrogen-bond acceptors (Lipinski definition) is 1. The SMILES string of the molecule is CCPc1cn2ccccc2n1. The normalized spacial score (nSPS) is 11.8. The summed E-state index contributed by atoms with van der Waals surface area (Å²) < 4.78 is 2.07. The van der Waals surface area contributed by atoms with Gasteiger partial charge >= 0.3 is 0 Å². The van der Waals surface area contributed by atoms with E-state index in [2.05, 4.69) is 22.5 Å². The molecule has 62 valence electrons. The molecule has 2 nitrogen and oxygen atoms in total. The number of imidazole rings is 1. The molecule has 0 aliphatic rings. The van der Waals surface area contributed by atoms with Gasteiger partial charge in [-0.3, -0.25) is 0 Å². The van der Waals surface area contributed by atoms with Crippen molar-refractivity contribution in [2.24, 2.45) is 0 Å². The average Bonchev–Trinajstić information content (AvgIpc) is 2.47. The summed E-state index contributed by atoms with van der Waals surface area (Å²) in [6.45, 7) is 2.18.